The number of nitrogens with zero attached hydrogens (tertiary/aromatic N) is 2. The molecule has 0 saturated heterocycles. The van der Waals surface area contributed by atoms with Gasteiger partial charge >= 0.3 is 0 Å². The summed E-state index contributed by atoms with van der Waals surface area (Å²) in [6.45, 7) is 0.397. The van der Waals surface area contributed by atoms with Crippen molar-refractivity contribution in [3.8, 4) is 0 Å². The van der Waals surface area contributed by atoms with E-state index >= 15 is 0 Å². The predicted molar refractivity (Wildman–Crippen MR) is 82.6 cm³/mol. The minimum absolute atomic E-state index is 0.135. The first-order valence-corrected chi connectivity index (χ1v) is 8.95. The summed E-state index contributed by atoms with van der Waals surface area (Å²) >= 11 is 1.44. The SMILES string of the molecule is CN(Cc1cscn1)S(=O)(=O)c1ccc(CCCO)cc1. The maximum Gasteiger partial charge on any atom is 0.243 e. The second-order valence-corrected chi connectivity index (χ2v) is 7.48. The summed E-state index contributed by atoms with van der Waals surface area (Å²) < 4.78 is 26.2. The summed E-state index contributed by atoms with van der Waals surface area (Å²) in [6, 6.07) is 6.80. The molecule has 0 atom stereocenters. The molecule has 0 bridgehead atoms. The van der Waals surface area contributed by atoms with Crippen molar-refractivity contribution < 1.29 is 13.5 Å². The van der Waals surface area contributed by atoms with E-state index in [4.69, 9.17) is 5.11 Å². The zero-order chi connectivity index (χ0) is 15.3. The lowest BCUT2D eigenvalue weighted by molar-refractivity contribution is 0.288. The lowest BCUT2D eigenvalue weighted by Crippen LogP contribution is -2.26. The van der Waals surface area contributed by atoms with Gasteiger partial charge in [-0.1, -0.05) is 12.1 Å². The van der Waals surface area contributed by atoms with Gasteiger partial charge in [0.2, 0.25) is 10.0 Å². The van der Waals surface area contributed by atoms with E-state index in [1.165, 1.54) is 15.6 Å². The molecule has 21 heavy (non-hydrogen) atoms. The van der Waals surface area contributed by atoms with E-state index in [0.717, 1.165) is 17.7 Å². The van der Waals surface area contributed by atoms with Crippen LogP contribution in [0, 0.1) is 0 Å². The molecule has 114 valence electrons. The third-order valence-electron chi connectivity index (χ3n) is 3.12. The van der Waals surface area contributed by atoms with Crippen molar-refractivity contribution in [3.05, 3.63) is 46.4 Å². The van der Waals surface area contributed by atoms with Crippen LogP contribution >= 0.6 is 11.3 Å². The fourth-order valence-electron chi connectivity index (χ4n) is 1.92. The molecule has 5 nitrogen and oxygen atoms in total. The first kappa shape index (κ1) is 16.1. The van der Waals surface area contributed by atoms with E-state index in [2.05, 4.69) is 4.98 Å². The monoisotopic (exact) mass is 326 g/mol. The van der Waals surface area contributed by atoms with Crippen LogP contribution in [0.15, 0.2) is 40.1 Å². The van der Waals surface area contributed by atoms with Gasteiger partial charge < -0.3 is 5.11 Å². The molecule has 0 aliphatic heterocycles. The summed E-state index contributed by atoms with van der Waals surface area (Å²) in [5.41, 5.74) is 3.45. The minimum Gasteiger partial charge on any atom is -0.396 e. The summed E-state index contributed by atoms with van der Waals surface area (Å²) in [6.07, 6.45) is 1.42. The van der Waals surface area contributed by atoms with Crippen LogP contribution in [0.3, 0.4) is 0 Å². The largest absolute Gasteiger partial charge is 0.396 e. The van der Waals surface area contributed by atoms with Crippen molar-refractivity contribution in [2.24, 2.45) is 0 Å². The number of hydrogen-bond donors (Lipinski definition) is 1. The Balaban J connectivity index is 2.11. The molecule has 1 N–H and O–H groups in total. The van der Waals surface area contributed by atoms with Gasteiger partial charge in [-0.2, -0.15) is 4.31 Å². The maximum atomic E-state index is 12.4. The zero-order valence-corrected chi connectivity index (χ0v) is 13.4. The Morgan fingerprint density at radius 2 is 2.00 bits per heavy atom. The van der Waals surface area contributed by atoms with Crippen molar-refractivity contribution in [1.82, 2.24) is 9.29 Å². The highest BCUT2D eigenvalue weighted by Gasteiger charge is 2.21. The number of rotatable bonds is 7. The summed E-state index contributed by atoms with van der Waals surface area (Å²) in [5, 5.41) is 10.6. The molecule has 0 aliphatic rings. The molecule has 0 saturated carbocycles. The van der Waals surface area contributed by atoms with E-state index in [-0.39, 0.29) is 18.0 Å². The highest BCUT2D eigenvalue weighted by molar-refractivity contribution is 7.89. The van der Waals surface area contributed by atoms with Gasteiger partial charge in [0.25, 0.3) is 0 Å². The Labute approximate surface area is 128 Å². The number of sulfonamides is 1. The Hall–Kier alpha value is -1.28. The molecule has 0 spiro atoms. The molecule has 0 unspecified atom stereocenters. The molecule has 1 aromatic carbocycles. The van der Waals surface area contributed by atoms with Crippen molar-refractivity contribution in [3.63, 3.8) is 0 Å². The zero-order valence-electron chi connectivity index (χ0n) is 11.8. The topological polar surface area (TPSA) is 70.5 Å². The Kier molecular flexibility index (Phi) is 5.46. The normalized spacial score (nSPS) is 12.0. The first-order chi connectivity index (χ1) is 10.0. The summed E-state index contributed by atoms with van der Waals surface area (Å²) in [7, 11) is -1.95. The van der Waals surface area contributed by atoms with Crippen LogP contribution in [0.4, 0.5) is 0 Å². The van der Waals surface area contributed by atoms with Gasteiger partial charge in [0, 0.05) is 19.0 Å². The maximum absolute atomic E-state index is 12.4. The van der Waals surface area contributed by atoms with Gasteiger partial charge in [0.05, 0.1) is 22.6 Å². The highest BCUT2D eigenvalue weighted by Crippen LogP contribution is 2.18. The van der Waals surface area contributed by atoms with Gasteiger partial charge in [-0.05, 0) is 30.5 Å². The van der Waals surface area contributed by atoms with Gasteiger partial charge in [-0.3, -0.25) is 0 Å². The minimum atomic E-state index is -3.50. The number of aliphatic hydroxyl groups excluding tert-OH is 1. The highest BCUT2D eigenvalue weighted by atomic mass is 32.2. The molecule has 0 radical (unpaired) electrons. The van der Waals surface area contributed by atoms with Crippen LogP contribution in [0.2, 0.25) is 0 Å². The van der Waals surface area contributed by atoms with E-state index in [9.17, 15) is 8.42 Å². The smallest absolute Gasteiger partial charge is 0.243 e. The van der Waals surface area contributed by atoms with Gasteiger partial charge in [0.15, 0.2) is 0 Å². The molecule has 1 heterocycles. The van der Waals surface area contributed by atoms with Gasteiger partial charge in [0.1, 0.15) is 0 Å². The lowest BCUT2D eigenvalue weighted by atomic mass is 10.1. The number of thiazole rings is 1. The van der Waals surface area contributed by atoms with E-state index < -0.39 is 10.0 Å². The standard InChI is InChI=1S/C14H18N2O3S2/c1-16(9-13-10-20-11-15-13)21(18,19)14-6-4-12(5-7-14)3-2-8-17/h4-7,10-11,17H,2-3,8-9H2,1H3. The Morgan fingerprint density at radius 1 is 1.29 bits per heavy atom. The van der Waals surface area contributed by atoms with Crippen LogP contribution in [-0.4, -0.2) is 36.5 Å². The van der Waals surface area contributed by atoms with Crippen molar-refractivity contribution in [1.29, 1.82) is 0 Å². The molecule has 0 amide bonds. The summed E-state index contributed by atoms with van der Waals surface area (Å²) in [5.74, 6) is 0. The first-order valence-electron chi connectivity index (χ1n) is 6.57. The van der Waals surface area contributed by atoms with Crippen LogP contribution in [0.5, 0.6) is 0 Å². The quantitative estimate of drug-likeness (QED) is 0.843. The van der Waals surface area contributed by atoms with E-state index in [0.29, 0.717) is 6.42 Å². The van der Waals surface area contributed by atoms with E-state index in [1.807, 2.05) is 5.38 Å². The third kappa shape index (κ3) is 4.10. The molecular formula is C14H18N2O3S2. The Bertz CT molecular complexity index is 652. The fraction of sp³-hybridized carbons (Fsp3) is 0.357. The predicted octanol–water partition coefficient (Wildman–Crippen LogP) is 1.89. The molecular weight excluding hydrogens is 308 g/mol. The third-order valence-corrected chi connectivity index (χ3v) is 5.58. The number of hydrogen-bond acceptors (Lipinski definition) is 5. The van der Waals surface area contributed by atoms with Crippen molar-refractivity contribution in [2.45, 2.75) is 24.3 Å². The van der Waals surface area contributed by atoms with Crippen molar-refractivity contribution >= 4 is 21.4 Å². The van der Waals surface area contributed by atoms with Crippen LogP contribution in [0.1, 0.15) is 17.7 Å². The molecule has 0 aliphatic carbocycles. The molecule has 2 aromatic rings. The average Bonchev–Trinajstić information content (AvgIpc) is 2.98. The molecule has 1 aromatic heterocycles. The number of benzene rings is 1. The van der Waals surface area contributed by atoms with Gasteiger partial charge in [-0.25, -0.2) is 13.4 Å². The molecule has 7 heteroatoms. The number of aromatic nitrogens is 1. The van der Waals surface area contributed by atoms with E-state index in [1.54, 1.807) is 36.8 Å². The number of aliphatic hydroxyl groups is 1. The van der Waals surface area contributed by atoms with Gasteiger partial charge in [-0.15, -0.1) is 11.3 Å². The molecule has 0 fully saturated rings. The fourth-order valence-corrected chi connectivity index (χ4v) is 3.61. The Morgan fingerprint density at radius 3 is 2.57 bits per heavy atom. The van der Waals surface area contributed by atoms with Crippen LogP contribution in [0.25, 0.3) is 0 Å². The second-order valence-electron chi connectivity index (χ2n) is 4.71. The second kappa shape index (κ2) is 7.13. The van der Waals surface area contributed by atoms with Crippen LogP contribution < -0.4 is 0 Å². The number of aryl methyl sites for hydroxylation is 1. The molecule has 2 rings (SSSR count). The van der Waals surface area contributed by atoms with Crippen LogP contribution in [-0.2, 0) is 23.0 Å². The van der Waals surface area contributed by atoms with Crippen molar-refractivity contribution in [2.75, 3.05) is 13.7 Å². The average molecular weight is 326 g/mol. The summed E-state index contributed by atoms with van der Waals surface area (Å²) in [4.78, 5) is 4.37. The lowest BCUT2D eigenvalue weighted by Gasteiger charge is -2.16.